The molecule has 138 valence electrons. The predicted molar refractivity (Wildman–Crippen MR) is 98.0 cm³/mol. The van der Waals surface area contributed by atoms with Crippen molar-refractivity contribution in [3.63, 3.8) is 0 Å². The monoisotopic (exact) mass is 347 g/mol. The Labute approximate surface area is 150 Å². The van der Waals surface area contributed by atoms with Gasteiger partial charge in [0, 0.05) is 44.8 Å². The fourth-order valence-electron chi connectivity index (χ4n) is 3.42. The van der Waals surface area contributed by atoms with Gasteiger partial charge in [-0.3, -0.25) is 4.90 Å². The van der Waals surface area contributed by atoms with Gasteiger partial charge in [-0.2, -0.15) is 0 Å². The van der Waals surface area contributed by atoms with Crippen molar-refractivity contribution in [1.82, 2.24) is 20.1 Å². The number of rotatable bonds is 5. The highest BCUT2D eigenvalue weighted by molar-refractivity contribution is 5.80. The number of pyridine rings is 1. The molecule has 1 aromatic heterocycles. The molecule has 0 aromatic carbocycles. The van der Waals surface area contributed by atoms with Crippen LogP contribution in [0.25, 0.3) is 0 Å². The van der Waals surface area contributed by atoms with Crippen LogP contribution in [0.3, 0.4) is 0 Å². The Morgan fingerprint density at radius 3 is 2.96 bits per heavy atom. The van der Waals surface area contributed by atoms with E-state index in [-0.39, 0.29) is 0 Å². The van der Waals surface area contributed by atoms with Crippen LogP contribution in [0.15, 0.2) is 23.2 Å². The second kappa shape index (κ2) is 9.01. The van der Waals surface area contributed by atoms with Crippen molar-refractivity contribution in [2.45, 2.75) is 25.9 Å². The maximum atomic E-state index is 5.47. The maximum absolute atomic E-state index is 5.47. The molecule has 2 aliphatic rings. The van der Waals surface area contributed by atoms with Crippen molar-refractivity contribution in [2.75, 3.05) is 53.0 Å². The van der Waals surface area contributed by atoms with E-state index < -0.39 is 0 Å². The van der Waals surface area contributed by atoms with Crippen LogP contribution in [0.2, 0.25) is 0 Å². The summed E-state index contributed by atoms with van der Waals surface area (Å²) in [6.07, 6.45) is 1.18. The van der Waals surface area contributed by atoms with E-state index in [1.165, 1.54) is 6.42 Å². The molecule has 1 atom stereocenters. The number of guanidine groups is 1. The minimum absolute atomic E-state index is 0.554. The Morgan fingerprint density at radius 1 is 1.36 bits per heavy atom. The van der Waals surface area contributed by atoms with Gasteiger partial charge in [0.05, 0.1) is 32.6 Å². The number of hydrogen-bond donors (Lipinski definition) is 1. The van der Waals surface area contributed by atoms with E-state index in [9.17, 15) is 0 Å². The second-order valence-corrected chi connectivity index (χ2v) is 6.38. The molecule has 0 saturated carbocycles. The summed E-state index contributed by atoms with van der Waals surface area (Å²) in [7, 11) is 1.63. The molecule has 1 unspecified atom stereocenters. The minimum atomic E-state index is 0.554. The zero-order chi connectivity index (χ0) is 17.5. The number of methoxy groups -OCH3 is 1. The number of nitrogens with one attached hydrogen (secondary N) is 1. The Balaban J connectivity index is 1.62. The molecule has 2 fully saturated rings. The van der Waals surface area contributed by atoms with E-state index in [0.717, 1.165) is 57.6 Å². The SMILES string of the molecule is CCNC(=NCc1cccc(OC)n1)N1CCC(N2CCOCC2)C1. The van der Waals surface area contributed by atoms with Gasteiger partial charge in [0.15, 0.2) is 5.96 Å². The first-order valence-corrected chi connectivity index (χ1v) is 9.15. The Bertz CT molecular complexity index is 574. The predicted octanol–water partition coefficient (Wildman–Crippen LogP) is 0.962. The first kappa shape index (κ1) is 17.9. The van der Waals surface area contributed by atoms with Gasteiger partial charge in [-0.15, -0.1) is 0 Å². The maximum Gasteiger partial charge on any atom is 0.213 e. The summed E-state index contributed by atoms with van der Waals surface area (Å²) in [5.74, 6) is 1.61. The van der Waals surface area contributed by atoms with Crippen molar-refractivity contribution < 1.29 is 9.47 Å². The number of ether oxygens (including phenoxy) is 2. The summed E-state index contributed by atoms with van der Waals surface area (Å²) in [6, 6.07) is 6.39. The molecule has 2 aliphatic heterocycles. The van der Waals surface area contributed by atoms with Gasteiger partial charge in [-0.1, -0.05) is 6.07 Å². The molecular weight excluding hydrogens is 318 g/mol. The van der Waals surface area contributed by atoms with E-state index in [2.05, 4.69) is 27.0 Å². The van der Waals surface area contributed by atoms with Crippen LogP contribution in [0.1, 0.15) is 19.0 Å². The van der Waals surface area contributed by atoms with Gasteiger partial charge in [0.1, 0.15) is 0 Å². The Kier molecular flexibility index (Phi) is 6.47. The fourth-order valence-corrected chi connectivity index (χ4v) is 3.42. The smallest absolute Gasteiger partial charge is 0.213 e. The minimum Gasteiger partial charge on any atom is -0.481 e. The van der Waals surface area contributed by atoms with Crippen LogP contribution in [0.5, 0.6) is 5.88 Å². The summed E-state index contributed by atoms with van der Waals surface area (Å²) < 4.78 is 10.7. The first-order chi connectivity index (χ1) is 12.3. The highest BCUT2D eigenvalue weighted by atomic mass is 16.5. The third-order valence-corrected chi connectivity index (χ3v) is 4.74. The molecule has 0 aliphatic carbocycles. The first-order valence-electron chi connectivity index (χ1n) is 9.15. The molecule has 0 radical (unpaired) electrons. The number of morpholine rings is 1. The van der Waals surface area contributed by atoms with E-state index in [0.29, 0.717) is 18.5 Å². The van der Waals surface area contributed by atoms with Crippen molar-refractivity contribution in [3.8, 4) is 5.88 Å². The van der Waals surface area contributed by atoms with E-state index in [4.69, 9.17) is 14.5 Å². The van der Waals surface area contributed by atoms with Crippen LogP contribution >= 0.6 is 0 Å². The van der Waals surface area contributed by atoms with Crippen molar-refractivity contribution in [3.05, 3.63) is 23.9 Å². The molecule has 7 nitrogen and oxygen atoms in total. The van der Waals surface area contributed by atoms with Gasteiger partial charge in [-0.05, 0) is 19.4 Å². The van der Waals surface area contributed by atoms with Gasteiger partial charge in [-0.25, -0.2) is 9.98 Å². The van der Waals surface area contributed by atoms with E-state index in [1.807, 2.05) is 18.2 Å². The van der Waals surface area contributed by atoms with Crippen LogP contribution in [0.4, 0.5) is 0 Å². The molecule has 3 heterocycles. The highest BCUT2D eigenvalue weighted by Crippen LogP contribution is 2.17. The average Bonchev–Trinajstić information content (AvgIpc) is 3.16. The molecule has 3 rings (SSSR count). The topological polar surface area (TPSA) is 62.2 Å². The Morgan fingerprint density at radius 2 is 2.20 bits per heavy atom. The standard InChI is InChI=1S/C18H29N5O2/c1-3-19-18(20-13-15-5-4-6-17(21-15)24-2)23-8-7-16(14-23)22-9-11-25-12-10-22/h4-6,16H,3,7-14H2,1-2H3,(H,19,20). The van der Waals surface area contributed by atoms with Crippen LogP contribution < -0.4 is 10.1 Å². The summed E-state index contributed by atoms with van der Waals surface area (Å²) in [5.41, 5.74) is 0.915. The highest BCUT2D eigenvalue weighted by Gasteiger charge is 2.30. The zero-order valence-corrected chi connectivity index (χ0v) is 15.3. The van der Waals surface area contributed by atoms with Gasteiger partial charge >= 0.3 is 0 Å². The fraction of sp³-hybridized carbons (Fsp3) is 0.667. The van der Waals surface area contributed by atoms with E-state index in [1.54, 1.807) is 7.11 Å². The van der Waals surface area contributed by atoms with Crippen LogP contribution in [-0.2, 0) is 11.3 Å². The molecule has 0 amide bonds. The summed E-state index contributed by atoms with van der Waals surface area (Å²) >= 11 is 0. The number of aromatic nitrogens is 1. The summed E-state index contributed by atoms with van der Waals surface area (Å²) in [4.78, 5) is 14.1. The quantitative estimate of drug-likeness (QED) is 0.632. The van der Waals surface area contributed by atoms with Crippen LogP contribution in [-0.4, -0.2) is 79.8 Å². The largest absolute Gasteiger partial charge is 0.481 e. The average molecular weight is 347 g/mol. The molecular formula is C18H29N5O2. The number of aliphatic imine (C=N–C) groups is 1. The zero-order valence-electron chi connectivity index (χ0n) is 15.3. The lowest BCUT2D eigenvalue weighted by molar-refractivity contribution is 0.0195. The van der Waals surface area contributed by atoms with Gasteiger partial charge < -0.3 is 19.7 Å². The normalized spacial score (nSPS) is 22.2. The molecule has 2 saturated heterocycles. The lowest BCUT2D eigenvalue weighted by Crippen LogP contribution is -2.46. The molecule has 1 N–H and O–H groups in total. The van der Waals surface area contributed by atoms with Crippen molar-refractivity contribution in [2.24, 2.45) is 4.99 Å². The second-order valence-electron chi connectivity index (χ2n) is 6.38. The third-order valence-electron chi connectivity index (χ3n) is 4.74. The Hall–Kier alpha value is -1.86. The number of nitrogens with zero attached hydrogens (tertiary/aromatic N) is 4. The van der Waals surface area contributed by atoms with Gasteiger partial charge in [0.25, 0.3) is 0 Å². The van der Waals surface area contributed by atoms with Crippen molar-refractivity contribution >= 4 is 5.96 Å². The van der Waals surface area contributed by atoms with Gasteiger partial charge in [0.2, 0.25) is 5.88 Å². The molecule has 7 heteroatoms. The van der Waals surface area contributed by atoms with Crippen LogP contribution in [0, 0.1) is 0 Å². The lowest BCUT2D eigenvalue weighted by Gasteiger charge is -2.32. The summed E-state index contributed by atoms with van der Waals surface area (Å²) in [6.45, 7) is 9.38. The van der Waals surface area contributed by atoms with Crippen molar-refractivity contribution in [1.29, 1.82) is 0 Å². The third kappa shape index (κ3) is 4.83. The lowest BCUT2D eigenvalue weighted by atomic mass is 10.2. The molecule has 25 heavy (non-hydrogen) atoms. The number of hydrogen-bond acceptors (Lipinski definition) is 5. The van der Waals surface area contributed by atoms with E-state index >= 15 is 0 Å². The summed E-state index contributed by atoms with van der Waals surface area (Å²) in [5, 5.41) is 3.42. The molecule has 1 aromatic rings. The molecule has 0 spiro atoms. The number of likely N-dealkylation sites (tertiary alicyclic amines) is 1. The molecule has 0 bridgehead atoms.